The molecule has 8 nitrogen and oxygen atoms in total. The Morgan fingerprint density at radius 2 is 2.10 bits per heavy atom. The number of benzene rings is 1. The molecule has 1 fully saturated rings. The maximum atomic E-state index is 12.9. The number of carbonyl (C=O) groups is 1. The summed E-state index contributed by atoms with van der Waals surface area (Å²) in [6, 6.07) is 7.30. The van der Waals surface area contributed by atoms with E-state index in [0.717, 1.165) is 36.4 Å². The van der Waals surface area contributed by atoms with Crippen molar-refractivity contribution < 1.29 is 9.53 Å². The van der Waals surface area contributed by atoms with Crippen molar-refractivity contribution >= 4 is 17.1 Å². The van der Waals surface area contributed by atoms with Gasteiger partial charge in [-0.05, 0) is 38.7 Å². The van der Waals surface area contributed by atoms with Crippen LogP contribution in [0.5, 0.6) is 5.75 Å². The second-order valence-electron chi connectivity index (χ2n) is 7.61. The van der Waals surface area contributed by atoms with Gasteiger partial charge in [-0.3, -0.25) is 4.79 Å². The fourth-order valence-corrected chi connectivity index (χ4v) is 3.76. The quantitative estimate of drug-likeness (QED) is 0.637. The molecule has 2 aromatic heterocycles. The first-order chi connectivity index (χ1) is 14.1. The van der Waals surface area contributed by atoms with Crippen LogP contribution in [-0.2, 0) is 6.54 Å². The van der Waals surface area contributed by atoms with Crippen LogP contribution in [0.1, 0.15) is 28.4 Å². The van der Waals surface area contributed by atoms with Crippen LogP contribution in [0.4, 0.5) is 0 Å². The van der Waals surface area contributed by atoms with Gasteiger partial charge in [0.05, 0.1) is 19.3 Å². The third-order valence-electron chi connectivity index (χ3n) is 5.33. The zero-order valence-electron chi connectivity index (χ0n) is 17.1. The van der Waals surface area contributed by atoms with E-state index in [1.54, 1.807) is 25.6 Å². The normalized spacial score (nSPS) is 16.7. The van der Waals surface area contributed by atoms with Crippen molar-refractivity contribution in [3.8, 4) is 5.75 Å². The molecule has 152 valence electrons. The predicted molar refractivity (Wildman–Crippen MR) is 110 cm³/mol. The zero-order chi connectivity index (χ0) is 20.4. The van der Waals surface area contributed by atoms with Crippen molar-refractivity contribution in [3.05, 3.63) is 47.9 Å². The van der Waals surface area contributed by atoms with Gasteiger partial charge in [0, 0.05) is 43.5 Å². The lowest BCUT2D eigenvalue weighted by Gasteiger charge is -2.16. The molecule has 8 heteroatoms. The lowest BCUT2D eigenvalue weighted by atomic mass is 10.0. The maximum Gasteiger partial charge on any atom is 0.254 e. The van der Waals surface area contributed by atoms with Crippen molar-refractivity contribution in [3.63, 3.8) is 0 Å². The van der Waals surface area contributed by atoms with E-state index >= 15 is 0 Å². The molecule has 1 amide bonds. The molecule has 4 rings (SSSR count). The van der Waals surface area contributed by atoms with Gasteiger partial charge in [0.1, 0.15) is 11.3 Å². The third kappa shape index (κ3) is 3.93. The number of aromatic nitrogens is 4. The van der Waals surface area contributed by atoms with Gasteiger partial charge >= 0.3 is 0 Å². The van der Waals surface area contributed by atoms with E-state index in [1.165, 1.54) is 0 Å². The highest BCUT2D eigenvalue weighted by atomic mass is 16.5. The number of amides is 1. The average Bonchev–Trinajstić information content (AvgIpc) is 3.37. The monoisotopic (exact) mass is 394 g/mol. The molecule has 3 heterocycles. The molecule has 0 aliphatic carbocycles. The number of carbonyl (C=O) groups excluding carboxylic acids is 1. The molecule has 1 aromatic carbocycles. The summed E-state index contributed by atoms with van der Waals surface area (Å²) in [6.45, 7) is 2.96. The van der Waals surface area contributed by atoms with Gasteiger partial charge < -0.3 is 14.5 Å². The summed E-state index contributed by atoms with van der Waals surface area (Å²) in [5.41, 5.74) is 3.23. The number of fused-ring (bicyclic) bond motifs is 1. The molecule has 1 atom stereocenters. The fourth-order valence-electron chi connectivity index (χ4n) is 3.76. The minimum absolute atomic E-state index is 0.0221. The van der Waals surface area contributed by atoms with Crippen LogP contribution in [0.2, 0.25) is 0 Å². The summed E-state index contributed by atoms with van der Waals surface area (Å²) in [5.74, 6) is 0.866. The van der Waals surface area contributed by atoms with Gasteiger partial charge in [0.25, 0.3) is 5.91 Å². The first kappa shape index (κ1) is 19.3. The van der Waals surface area contributed by atoms with E-state index in [0.29, 0.717) is 24.4 Å². The molecule has 1 aliphatic heterocycles. The van der Waals surface area contributed by atoms with E-state index in [-0.39, 0.29) is 11.8 Å². The van der Waals surface area contributed by atoms with Gasteiger partial charge in [-0.25, -0.2) is 14.6 Å². The second-order valence-corrected chi connectivity index (χ2v) is 7.61. The second kappa shape index (κ2) is 8.16. The van der Waals surface area contributed by atoms with Gasteiger partial charge in [-0.2, -0.15) is 5.10 Å². The van der Waals surface area contributed by atoms with Crippen LogP contribution in [0, 0.1) is 0 Å². The van der Waals surface area contributed by atoms with Gasteiger partial charge in [-0.15, -0.1) is 0 Å². The van der Waals surface area contributed by atoms with Crippen molar-refractivity contribution in [2.24, 2.45) is 0 Å². The molecule has 0 bridgehead atoms. The first-order valence-electron chi connectivity index (χ1n) is 9.82. The number of ether oxygens (including phenoxy) is 1. The highest BCUT2D eigenvalue weighted by Crippen LogP contribution is 2.31. The summed E-state index contributed by atoms with van der Waals surface area (Å²) in [5, 5.41) is 4.84. The average molecular weight is 394 g/mol. The smallest absolute Gasteiger partial charge is 0.254 e. The van der Waals surface area contributed by atoms with E-state index in [9.17, 15) is 4.79 Å². The predicted octanol–water partition coefficient (Wildman–Crippen LogP) is 2.03. The standard InChI is InChI=1S/C21H26N6O2/c1-25(2)11-12-27-20-19(22-8-9-23-20)18(24-27)16-7-10-26(14-16)21(28)15-5-4-6-17(13-15)29-3/h4-6,8-9,13,16H,7,10-12,14H2,1-3H3. The number of hydrogen-bond acceptors (Lipinski definition) is 6. The Morgan fingerprint density at radius 1 is 1.28 bits per heavy atom. The van der Waals surface area contributed by atoms with Crippen LogP contribution in [-0.4, -0.2) is 76.3 Å². The van der Waals surface area contributed by atoms with Crippen LogP contribution in [0.25, 0.3) is 11.2 Å². The number of rotatable bonds is 6. The molecule has 0 spiro atoms. The summed E-state index contributed by atoms with van der Waals surface area (Å²) >= 11 is 0. The molecule has 1 aliphatic rings. The maximum absolute atomic E-state index is 12.9. The van der Waals surface area contributed by atoms with E-state index < -0.39 is 0 Å². The van der Waals surface area contributed by atoms with Crippen molar-refractivity contribution in [2.75, 3.05) is 40.8 Å². The molecule has 1 saturated heterocycles. The lowest BCUT2D eigenvalue weighted by Crippen LogP contribution is -2.28. The Balaban J connectivity index is 1.56. The highest BCUT2D eigenvalue weighted by Gasteiger charge is 2.32. The van der Waals surface area contributed by atoms with E-state index in [1.807, 2.05) is 41.9 Å². The van der Waals surface area contributed by atoms with Crippen LogP contribution in [0.15, 0.2) is 36.7 Å². The molecule has 3 aromatic rings. The van der Waals surface area contributed by atoms with Crippen molar-refractivity contribution in [2.45, 2.75) is 18.9 Å². The lowest BCUT2D eigenvalue weighted by molar-refractivity contribution is 0.0790. The molecular weight excluding hydrogens is 368 g/mol. The number of nitrogens with zero attached hydrogens (tertiary/aromatic N) is 6. The summed E-state index contributed by atoms with van der Waals surface area (Å²) in [6.07, 6.45) is 4.28. The SMILES string of the molecule is COc1cccc(C(=O)N2CCC(c3nn(CCN(C)C)c4nccnc34)C2)c1. The Kier molecular flexibility index (Phi) is 5.44. The van der Waals surface area contributed by atoms with Crippen molar-refractivity contribution in [1.82, 2.24) is 29.5 Å². The Morgan fingerprint density at radius 3 is 2.90 bits per heavy atom. The first-order valence-corrected chi connectivity index (χ1v) is 9.82. The highest BCUT2D eigenvalue weighted by molar-refractivity contribution is 5.95. The van der Waals surface area contributed by atoms with Gasteiger partial charge in [0.15, 0.2) is 5.65 Å². The minimum atomic E-state index is 0.0221. The minimum Gasteiger partial charge on any atom is -0.497 e. The summed E-state index contributed by atoms with van der Waals surface area (Å²) < 4.78 is 7.18. The van der Waals surface area contributed by atoms with E-state index in [4.69, 9.17) is 9.84 Å². The topological polar surface area (TPSA) is 76.4 Å². The number of hydrogen-bond donors (Lipinski definition) is 0. The molecule has 0 saturated carbocycles. The van der Waals surface area contributed by atoms with Gasteiger partial charge in [0.2, 0.25) is 0 Å². The number of likely N-dealkylation sites (N-methyl/N-ethyl adjacent to an activating group) is 1. The number of methoxy groups -OCH3 is 1. The largest absolute Gasteiger partial charge is 0.497 e. The van der Waals surface area contributed by atoms with Gasteiger partial charge in [-0.1, -0.05) is 6.07 Å². The molecular formula is C21H26N6O2. The third-order valence-corrected chi connectivity index (χ3v) is 5.33. The summed E-state index contributed by atoms with van der Waals surface area (Å²) in [7, 11) is 5.68. The molecule has 0 radical (unpaired) electrons. The van der Waals surface area contributed by atoms with Crippen LogP contribution >= 0.6 is 0 Å². The van der Waals surface area contributed by atoms with Crippen LogP contribution < -0.4 is 4.74 Å². The summed E-state index contributed by atoms with van der Waals surface area (Å²) in [4.78, 5) is 26.0. The van der Waals surface area contributed by atoms with Crippen LogP contribution in [0.3, 0.4) is 0 Å². The fraction of sp³-hybridized carbons (Fsp3) is 0.429. The van der Waals surface area contributed by atoms with Crippen molar-refractivity contribution in [1.29, 1.82) is 0 Å². The zero-order valence-corrected chi connectivity index (χ0v) is 17.1. The Bertz CT molecular complexity index is 1020. The molecule has 0 N–H and O–H groups in total. The Hall–Kier alpha value is -3.00. The Labute approximate surface area is 170 Å². The number of likely N-dealkylation sites (tertiary alicyclic amines) is 1. The molecule has 29 heavy (non-hydrogen) atoms. The molecule has 1 unspecified atom stereocenters. The van der Waals surface area contributed by atoms with E-state index in [2.05, 4.69) is 14.9 Å².